The standard InChI is InChI=1S/C9H5ClN2O4/c1-16-9(13)5-2-6(4-11)8(12(14)15)7(10)3-5/h2-3H,1H3. The Balaban J connectivity index is 3.45. The van der Waals surface area contributed by atoms with Crippen molar-refractivity contribution in [2.45, 2.75) is 0 Å². The quantitative estimate of drug-likeness (QED) is 0.447. The van der Waals surface area contributed by atoms with E-state index in [9.17, 15) is 14.9 Å². The molecule has 0 N–H and O–H groups in total. The summed E-state index contributed by atoms with van der Waals surface area (Å²) in [5.41, 5.74) is -0.802. The van der Waals surface area contributed by atoms with Crippen molar-refractivity contribution in [3.05, 3.63) is 38.4 Å². The zero-order chi connectivity index (χ0) is 12.3. The number of rotatable bonds is 2. The molecule has 0 bridgehead atoms. The van der Waals surface area contributed by atoms with Crippen LogP contribution >= 0.6 is 11.6 Å². The molecule has 0 aliphatic rings. The van der Waals surface area contributed by atoms with Crippen LogP contribution in [0.15, 0.2) is 12.1 Å². The second-order valence-corrected chi connectivity index (χ2v) is 3.12. The molecule has 1 aromatic carbocycles. The van der Waals surface area contributed by atoms with Crippen LogP contribution in [0.5, 0.6) is 0 Å². The van der Waals surface area contributed by atoms with Crippen LogP contribution in [0.3, 0.4) is 0 Å². The van der Waals surface area contributed by atoms with Gasteiger partial charge in [-0.05, 0) is 12.1 Å². The molecule has 1 rings (SSSR count). The van der Waals surface area contributed by atoms with Crippen LogP contribution in [0.2, 0.25) is 5.02 Å². The molecule has 7 heteroatoms. The van der Waals surface area contributed by atoms with Gasteiger partial charge in [0.05, 0.1) is 17.6 Å². The molecule has 0 amide bonds. The number of carbonyl (C=O) groups excluding carboxylic acids is 1. The average molecular weight is 241 g/mol. The molecule has 0 fully saturated rings. The van der Waals surface area contributed by atoms with E-state index in [2.05, 4.69) is 4.74 Å². The molecule has 0 unspecified atom stereocenters. The molecule has 0 aliphatic carbocycles. The highest BCUT2D eigenvalue weighted by Crippen LogP contribution is 2.29. The lowest BCUT2D eigenvalue weighted by Crippen LogP contribution is -2.03. The molecule has 0 atom stereocenters. The summed E-state index contributed by atoms with van der Waals surface area (Å²) in [4.78, 5) is 21.0. The number of nitro groups is 1. The maximum absolute atomic E-state index is 11.2. The van der Waals surface area contributed by atoms with Gasteiger partial charge in [-0.15, -0.1) is 0 Å². The summed E-state index contributed by atoms with van der Waals surface area (Å²) < 4.78 is 4.41. The van der Waals surface area contributed by atoms with Crippen molar-refractivity contribution in [3.8, 4) is 6.07 Å². The molecule has 16 heavy (non-hydrogen) atoms. The minimum Gasteiger partial charge on any atom is -0.465 e. The second kappa shape index (κ2) is 4.59. The normalized spacial score (nSPS) is 9.31. The van der Waals surface area contributed by atoms with Gasteiger partial charge in [-0.1, -0.05) is 11.6 Å². The summed E-state index contributed by atoms with van der Waals surface area (Å²) in [7, 11) is 1.16. The molecule has 0 spiro atoms. The maximum atomic E-state index is 11.2. The van der Waals surface area contributed by atoms with Crippen molar-refractivity contribution in [3.63, 3.8) is 0 Å². The fourth-order valence-corrected chi connectivity index (χ4v) is 1.39. The lowest BCUT2D eigenvalue weighted by Gasteiger charge is -2.02. The van der Waals surface area contributed by atoms with Gasteiger partial charge in [0.1, 0.15) is 16.7 Å². The van der Waals surface area contributed by atoms with Crippen molar-refractivity contribution in [1.29, 1.82) is 5.26 Å². The third-order valence-electron chi connectivity index (χ3n) is 1.79. The van der Waals surface area contributed by atoms with E-state index in [1.807, 2.05) is 0 Å². The number of hydrogen-bond donors (Lipinski definition) is 0. The zero-order valence-electron chi connectivity index (χ0n) is 8.06. The molecule has 0 saturated carbocycles. The van der Waals surface area contributed by atoms with Gasteiger partial charge in [-0.2, -0.15) is 5.26 Å². The summed E-state index contributed by atoms with van der Waals surface area (Å²) in [5, 5.41) is 19.0. The summed E-state index contributed by atoms with van der Waals surface area (Å²) in [6.45, 7) is 0. The number of esters is 1. The van der Waals surface area contributed by atoms with Gasteiger partial charge in [0.25, 0.3) is 0 Å². The third kappa shape index (κ3) is 2.10. The topological polar surface area (TPSA) is 93.2 Å². The first-order chi connectivity index (χ1) is 7.51. The fraction of sp³-hybridized carbons (Fsp3) is 0.111. The van der Waals surface area contributed by atoms with E-state index in [1.165, 1.54) is 0 Å². The first-order valence-electron chi connectivity index (χ1n) is 3.97. The van der Waals surface area contributed by atoms with E-state index in [-0.39, 0.29) is 16.1 Å². The molecule has 0 aromatic heterocycles. The monoisotopic (exact) mass is 240 g/mol. The lowest BCUT2D eigenvalue weighted by atomic mass is 10.1. The van der Waals surface area contributed by atoms with Gasteiger partial charge in [-0.3, -0.25) is 10.1 Å². The number of nitrogens with zero attached hydrogens (tertiary/aromatic N) is 2. The van der Waals surface area contributed by atoms with E-state index in [4.69, 9.17) is 16.9 Å². The predicted octanol–water partition coefficient (Wildman–Crippen LogP) is 1.91. The molecule has 82 valence electrons. The number of ether oxygens (including phenoxy) is 1. The van der Waals surface area contributed by atoms with Gasteiger partial charge in [-0.25, -0.2) is 4.79 Å². The van der Waals surface area contributed by atoms with Gasteiger partial charge in [0, 0.05) is 0 Å². The maximum Gasteiger partial charge on any atom is 0.337 e. The van der Waals surface area contributed by atoms with E-state index >= 15 is 0 Å². The van der Waals surface area contributed by atoms with Gasteiger partial charge < -0.3 is 4.74 Å². The molecular weight excluding hydrogens is 236 g/mol. The van der Waals surface area contributed by atoms with Crippen molar-refractivity contribution >= 4 is 23.3 Å². The Morgan fingerprint density at radius 2 is 2.25 bits per heavy atom. The molecule has 0 saturated heterocycles. The molecule has 0 radical (unpaired) electrons. The first-order valence-corrected chi connectivity index (χ1v) is 4.35. The Kier molecular flexibility index (Phi) is 3.43. The van der Waals surface area contributed by atoms with Crippen LogP contribution in [0.4, 0.5) is 5.69 Å². The van der Waals surface area contributed by atoms with Gasteiger partial charge in [0.15, 0.2) is 0 Å². The minimum absolute atomic E-state index is 0.00495. The highest BCUT2D eigenvalue weighted by molar-refractivity contribution is 6.33. The SMILES string of the molecule is COC(=O)c1cc(Cl)c([N+](=O)[O-])c(C#N)c1. The predicted molar refractivity (Wildman–Crippen MR) is 54.2 cm³/mol. The molecule has 1 aromatic rings. The van der Waals surface area contributed by atoms with E-state index in [1.54, 1.807) is 6.07 Å². The fourth-order valence-electron chi connectivity index (χ4n) is 1.11. The number of carbonyl (C=O) groups is 1. The highest BCUT2D eigenvalue weighted by atomic mass is 35.5. The van der Waals surface area contributed by atoms with Crippen molar-refractivity contribution in [1.82, 2.24) is 0 Å². The number of nitriles is 1. The number of benzene rings is 1. The second-order valence-electron chi connectivity index (χ2n) is 2.71. The first kappa shape index (κ1) is 11.9. The average Bonchev–Trinajstić information content (AvgIpc) is 2.26. The largest absolute Gasteiger partial charge is 0.465 e. The van der Waals surface area contributed by atoms with E-state index in [0.717, 1.165) is 19.2 Å². The minimum atomic E-state index is -0.776. The number of nitro benzene ring substituents is 1. The molecule has 0 aliphatic heterocycles. The van der Waals surface area contributed by atoms with Crippen LogP contribution in [-0.2, 0) is 4.74 Å². The van der Waals surface area contributed by atoms with Crippen LogP contribution < -0.4 is 0 Å². The third-order valence-corrected chi connectivity index (χ3v) is 2.08. The number of methoxy groups -OCH3 is 1. The van der Waals surface area contributed by atoms with Crippen LogP contribution in [0.25, 0.3) is 0 Å². The van der Waals surface area contributed by atoms with Crippen molar-refractivity contribution in [2.24, 2.45) is 0 Å². The summed E-state index contributed by atoms with van der Waals surface area (Å²) in [6.07, 6.45) is 0. The van der Waals surface area contributed by atoms with Gasteiger partial charge in [0.2, 0.25) is 0 Å². The summed E-state index contributed by atoms with van der Waals surface area (Å²) >= 11 is 5.61. The van der Waals surface area contributed by atoms with E-state index in [0.29, 0.717) is 0 Å². The van der Waals surface area contributed by atoms with Crippen LogP contribution in [-0.4, -0.2) is 18.0 Å². The summed E-state index contributed by atoms with van der Waals surface area (Å²) in [5.74, 6) is -0.715. The van der Waals surface area contributed by atoms with Crippen LogP contribution in [0, 0.1) is 21.4 Å². The highest BCUT2D eigenvalue weighted by Gasteiger charge is 2.22. The smallest absolute Gasteiger partial charge is 0.337 e. The van der Waals surface area contributed by atoms with Gasteiger partial charge >= 0.3 is 11.7 Å². The lowest BCUT2D eigenvalue weighted by molar-refractivity contribution is -0.385. The molecule has 6 nitrogen and oxygen atoms in total. The Hall–Kier alpha value is -2.13. The molecular formula is C9H5ClN2O4. The Morgan fingerprint density at radius 3 is 2.69 bits per heavy atom. The Labute approximate surface area is 95.2 Å². The van der Waals surface area contributed by atoms with Crippen molar-refractivity contribution in [2.75, 3.05) is 7.11 Å². The Morgan fingerprint density at radius 1 is 1.62 bits per heavy atom. The number of halogens is 1. The zero-order valence-corrected chi connectivity index (χ0v) is 8.82. The summed E-state index contributed by atoms with van der Waals surface area (Å²) in [6, 6.07) is 3.76. The van der Waals surface area contributed by atoms with Crippen LogP contribution in [0.1, 0.15) is 15.9 Å². The van der Waals surface area contributed by atoms with Crippen molar-refractivity contribution < 1.29 is 14.5 Å². The van der Waals surface area contributed by atoms with E-state index < -0.39 is 16.6 Å². The Bertz CT molecular complexity index is 507. The molecule has 0 heterocycles. The number of hydrogen-bond acceptors (Lipinski definition) is 5.